The molecule has 0 saturated carbocycles. The molecule has 0 aliphatic carbocycles. The number of nitrogens with zero attached hydrogens (tertiary/aromatic N) is 1. The van der Waals surface area contributed by atoms with Gasteiger partial charge in [0.1, 0.15) is 0 Å². The first-order valence-electron chi connectivity index (χ1n) is 19.2. The molecule has 0 aliphatic heterocycles. The molecule has 1 heterocycles. The van der Waals surface area contributed by atoms with Gasteiger partial charge in [-0.1, -0.05) is 158 Å². The summed E-state index contributed by atoms with van der Waals surface area (Å²) >= 11 is 1.86. The number of thiophene rings is 1. The van der Waals surface area contributed by atoms with Crippen molar-refractivity contribution in [2.24, 2.45) is 0 Å². The fourth-order valence-corrected chi connectivity index (χ4v) is 9.71. The molecule has 0 unspecified atom stereocenters. The smallest absolute Gasteiger partial charge is 0.0468 e. The molecule has 0 radical (unpaired) electrons. The quantitative estimate of drug-likeness (QED) is 0.154. The summed E-state index contributed by atoms with van der Waals surface area (Å²) in [6.45, 7) is 0. The molecule has 0 saturated heterocycles. The number of hydrogen-bond acceptors (Lipinski definition) is 2. The zero-order chi connectivity index (χ0) is 37.0. The highest BCUT2D eigenvalue weighted by atomic mass is 32.1. The first-order valence-corrected chi connectivity index (χ1v) is 20.0. The molecule has 0 N–H and O–H groups in total. The Morgan fingerprint density at radius 3 is 1.62 bits per heavy atom. The van der Waals surface area contributed by atoms with Gasteiger partial charge in [0.25, 0.3) is 0 Å². The van der Waals surface area contributed by atoms with Crippen molar-refractivity contribution in [3.05, 3.63) is 212 Å². The highest BCUT2D eigenvalue weighted by Gasteiger charge is 2.20. The van der Waals surface area contributed by atoms with E-state index in [1.807, 2.05) is 11.3 Å². The van der Waals surface area contributed by atoms with Gasteiger partial charge >= 0.3 is 0 Å². The van der Waals surface area contributed by atoms with Gasteiger partial charge in [0.2, 0.25) is 0 Å². The van der Waals surface area contributed by atoms with Crippen molar-refractivity contribution in [3.8, 4) is 33.4 Å². The highest BCUT2D eigenvalue weighted by Crippen LogP contribution is 2.46. The monoisotopic (exact) mass is 729 g/mol. The summed E-state index contributed by atoms with van der Waals surface area (Å²) in [4.78, 5) is 2.42. The Kier molecular flexibility index (Phi) is 7.75. The molecule has 2 heteroatoms. The summed E-state index contributed by atoms with van der Waals surface area (Å²) in [5.74, 6) is 0. The third-order valence-electron chi connectivity index (χ3n) is 11.2. The van der Waals surface area contributed by atoms with Crippen LogP contribution in [0.4, 0.5) is 17.1 Å². The average molecular weight is 730 g/mol. The van der Waals surface area contributed by atoms with Gasteiger partial charge in [-0.25, -0.2) is 0 Å². The average Bonchev–Trinajstić information content (AvgIpc) is 3.64. The maximum atomic E-state index is 2.42. The van der Waals surface area contributed by atoms with E-state index in [0.29, 0.717) is 0 Å². The second-order valence-corrected chi connectivity index (χ2v) is 15.6. The Hall–Kier alpha value is -7.00. The third-order valence-corrected chi connectivity index (χ3v) is 12.3. The summed E-state index contributed by atoms with van der Waals surface area (Å²) in [5.41, 5.74) is 10.7. The lowest BCUT2D eigenvalue weighted by Crippen LogP contribution is -2.10. The van der Waals surface area contributed by atoms with Crippen LogP contribution in [0.1, 0.15) is 0 Å². The molecule has 1 aromatic heterocycles. The summed E-state index contributed by atoms with van der Waals surface area (Å²) in [6.07, 6.45) is 0. The molecular formula is C54H35NS. The summed E-state index contributed by atoms with van der Waals surface area (Å²) in [7, 11) is 0. The molecule has 10 aromatic carbocycles. The molecule has 1 nitrogen and oxygen atoms in total. The van der Waals surface area contributed by atoms with Gasteiger partial charge in [0.05, 0.1) is 0 Å². The molecule has 0 spiro atoms. The molecule has 56 heavy (non-hydrogen) atoms. The summed E-state index contributed by atoms with van der Waals surface area (Å²) in [6, 6.07) is 77.8. The predicted octanol–water partition coefficient (Wildman–Crippen LogP) is 16.0. The molecule has 0 amide bonds. The van der Waals surface area contributed by atoms with Gasteiger partial charge in [0, 0.05) is 37.2 Å². The minimum atomic E-state index is 1.11. The third kappa shape index (κ3) is 5.46. The van der Waals surface area contributed by atoms with Crippen molar-refractivity contribution in [1.82, 2.24) is 0 Å². The van der Waals surface area contributed by atoms with E-state index in [2.05, 4.69) is 217 Å². The number of rotatable bonds is 6. The number of benzene rings is 10. The van der Waals surface area contributed by atoms with E-state index in [0.717, 1.165) is 17.1 Å². The van der Waals surface area contributed by atoms with Crippen LogP contribution in [0.15, 0.2) is 212 Å². The van der Waals surface area contributed by atoms with Gasteiger partial charge in [-0.2, -0.15) is 0 Å². The van der Waals surface area contributed by atoms with Crippen LogP contribution in [0.5, 0.6) is 0 Å². The van der Waals surface area contributed by atoms with Crippen LogP contribution in [0.2, 0.25) is 0 Å². The van der Waals surface area contributed by atoms with Crippen molar-refractivity contribution in [3.63, 3.8) is 0 Å². The van der Waals surface area contributed by atoms with Gasteiger partial charge in [-0.15, -0.1) is 11.3 Å². The van der Waals surface area contributed by atoms with Crippen LogP contribution in [0, 0.1) is 0 Å². The number of anilines is 3. The van der Waals surface area contributed by atoms with E-state index in [9.17, 15) is 0 Å². The minimum absolute atomic E-state index is 1.11. The van der Waals surface area contributed by atoms with E-state index >= 15 is 0 Å². The van der Waals surface area contributed by atoms with Crippen molar-refractivity contribution in [2.45, 2.75) is 0 Å². The van der Waals surface area contributed by atoms with Gasteiger partial charge in [-0.3, -0.25) is 0 Å². The first kappa shape index (κ1) is 32.4. The Labute approximate surface area is 330 Å². The molecule has 0 bridgehead atoms. The molecular weight excluding hydrogens is 695 g/mol. The number of hydrogen-bond donors (Lipinski definition) is 0. The molecule has 0 atom stereocenters. The van der Waals surface area contributed by atoms with Crippen molar-refractivity contribution in [2.75, 3.05) is 4.90 Å². The van der Waals surface area contributed by atoms with E-state index in [4.69, 9.17) is 0 Å². The normalized spacial score (nSPS) is 11.6. The Morgan fingerprint density at radius 1 is 0.268 bits per heavy atom. The first-order chi connectivity index (χ1) is 27.8. The zero-order valence-corrected chi connectivity index (χ0v) is 31.4. The van der Waals surface area contributed by atoms with Crippen LogP contribution >= 0.6 is 11.3 Å². The second-order valence-electron chi connectivity index (χ2n) is 14.5. The molecule has 262 valence electrons. The second kappa shape index (κ2) is 13.4. The molecule has 0 aliphatic rings. The van der Waals surface area contributed by atoms with Crippen LogP contribution < -0.4 is 4.90 Å². The largest absolute Gasteiger partial charge is 0.310 e. The van der Waals surface area contributed by atoms with E-state index in [1.54, 1.807) is 0 Å². The fraction of sp³-hybridized carbons (Fsp3) is 0. The Balaban J connectivity index is 1.13. The van der Waals surface area contributed by atoms with Gasteiger partial charge in [0.15, 0.2) is 0 Å². The lowest BCUT2D eigenvalue weighted by Gasteiger charge is -2.26. The maximum absolute atomic E-state index is 2.42. The fourth-order valence-electron chi connectivity index (χ4n) is 8.62. The van der Waals surface area contributed by atoms with Crippen LogP contribution in [0.25, 0.3) is 85.9 Å². The predicted molar refractivity (Wildman–Crippen MR) is 243 cm³/mol. The van der Waals surface area contributed by atoms with Crippen molar-refractivity contribution < 1.29 is 0 Å². The van der Waals surface area contributed by atoms with Crippen molar-refractivity contribution in [1.29, 1.82) is 0 Å². The topological polar surface area (TPSA) is 3.24 Å². The Morgan fingerprint density at radius 2 is 0.821 bits per heavy atom. The van der Waals surface area contributed by atoms with E-state index in [-0.39, 0.29) is 0 Å². The van der Waals surface area contributed by atoms with E-state index < -0.39 is 0 Å². The molecule has 11 rings (SSSR count). The van der Waals surface area contributed by atoms with E-state index in [1.165, 1.54) is 85.9 Å². The highest BCUT2D eigenvalue weighted by molar-refractivity contribution is 7.25. The van der Waals surface area contributed by atoms with Crippen LogP contribution in [-0.2, 0) is 0 Å². The van der Waals surface area contributed by atoms with Crippen LogP contribution in [-0.4, -0.2) is 0 Å². The summed E-state index contributed by atoms with van der Waals surface area (Å²) in [5, 5.41) is 10.1. The Bertz CT molecular complexity index is 3250. The van der Waals surface area contributed by atoms with Gasteiger partial charge < -0.3 is 4.90 Å². The lowest BCUT2D eigenvalue weighted by atomic mass is 9.84. The number of fused-ring (bicyclic) bond motifs is 7. The summed E-state index contributed by atoms with van der Waals surface area (Å²) < 4.78 is 2.61. The lowest BCUT2D eigenvalue weighted by molar-refractivity contribution is 1.30. The van der Waals surface area contributed by atoms with Crippen LogP contribution in [0.3, 0.4) is 0 Å². The standard InChI is InChI=1S/C54H35NS/c1-3-15-37(16-4-1)53-48-24-10-9-22-45(48)46-30-27-41(34-50(46)54(53)38-17-5-2-6-18-38)40-20-13-21-42(33-40)55(43-28-26-36-14-7-8-19-39(36)32-43)44-29-31-52-49(35-44)47-23-11-12-25-51(47)56-52/h1-35H. The maximum Gasteiger partial charge on any atom is 0.0468 e. The van der Waals surface area contributed by atoms with Gasteiger partial charge in [-0.05, 0) is 120 Å². The molecule has 0 fully saturated rings. The molecule has 11 aromatic rings. The SMILES string of the molecule is c1ccc(-c2c(-c3ccccc3)c3cc(-c4cccc(N(c5ccc6ccccc6c5)c5ccc6sc7ccccc7c6c5)c4)ccc3c3ccccc23)cc1. The van der Waals surface area contributed by atoms with Crippen molar-refractivity contribution >= 4 is 80.9 Å². The zero-order valence-electron chi connectivity index (χ0n) is 30.6. The minimum Gasteiger partial charge on any atom is -0.310 e.